The maximum absolute atomic E-state index is 11.2. The lowest BCUT2D eigenvalue weighted by Crippen LogP contribution is -2.01. The fraction of sp³-hybridized carbons (Fsp3) is 0.133. The molecule has 2 rings (SSSR count). The van der Waals surface area contributed by atoms with E-state index in [9.17, 15) is 9.90 Å². The van der Waals surface area contributed by atoms with Crippen LogP contribution in [0.3, 0.4) is 0 Å². The number of methoxy groups -OCH3 is 1. The summed E-state index contributed by atoms with van der Waals surface area (Å²) in [5.41, 5.74) is 0.940. The van der Waals surface area contributed by atoms with Crippen molar-refractivity contribution in [3.8, 4) is 17.2 Å². The Balaban J connectivity index is 2.45. The molecule has 0 spiro atoms. The number of rotatable bonds is 4. The average Bonchev–Trinajstić information content (AvgIpc) is 2.40. The van der Waals surface area contributed by atoms with Gasteiger partial charge in [0.15, 0.2) is 11.5 Å². The summed E-state index contributed by atoms with van der Waals surface area (Å²) in [6, 6.07) is 10.1. The van der Waals surface area contributed by atoms with Crippen molar-refractivity contribution in [2.75, 3.05) is 7.11 Å². The summed E-state index contributed by atoms with van der Waals surface area (Å²) in [6.45, 7) is 1.92. The lowest BCUT2D eigenvalue weighted by atomic mass is 10.2. The summed E-state index contributed by atoms with van der Waals surface area (Å²) in [5, 5.41) is 9.33. The van der Waals surface area contributed by atoms with E-state index in [4.69, 9.17) is 21.1 Å². The minimum atomic E-state index is -1.14. The SMILES string of the molecule is COc1cc(C)ccc1Oc1cccc(Cl)c1C(=O)O. The zero-order valence-electron chi connectivity index (χ0n) is 11.0. The van der Waals surface area contributed by atoms with Gasteiger partial charge in [0, 0.05) is 0 Å². The van der Waals surface area contributed by atoms with E-state index in [1.54, 1.807) is 24.3 Å². The molecule has 0 unspecified atom stereocenters. The number of ether oxygens (including phenoxy) is 2. The first-order valence-corrected chi connectivity index (χ1v) is 6.25. The molecular formula is C15H13ClO4. The molecular weight excluding hydrogens is 280 g/mol. The third kappa shape index (κ3) is 2.86. The molecule has 0 radical (unpaired) electrons. The van der Waals surface area contributed by atoms with Crippen molar-refractivity contribution in [1.82, 2.24) is 0 Å². The van der Waals surface area contributed by atoms with E-state index in [1.165, 1.54) is 13.2 Å². The first kappa shape index (κ1) is 14.2. The molecule has 2 aromatic rings. The van der Waals surface area contributed by atoms with Gasteiger partial charge in [0.25, 0.3) is 0 Å². The van der Waals surface area contributed by atoms with Gasteiger partial charge in [0.1, 0.15) is 11.3 Å². The van der Waals surface area contributed by atoms with Crippen LogP contribution in [0.4, 0.5) is 0 Å². The fourth-order valence-corrected chi connectivity index (χ4v) is 2.02. The molecule has 0 saturated carbocycles. The average molecular weight is 293 g/mol. The summed E-state index contributed by atoms with van der Waals surface area (Å²) >= 11 is 5.90. The molecule has 0 aliphatic heterocycles. The van der Waals surface area contributed by atoms with Crippen LogP contribution < -0.4 is 9.47 Å². The van der Waals surface area contributed by atoms with E-state index in [2.05, 4.69) is 0 Å². The van der Waals surface area contributed by atoms with E-state index >= 15 is 0 Å². The molecule has 4 nitrogen and oxygen atoms in total. The predicted molar refractivity (Wildman–Crippen MR) is 76.2 cm³/mol. The second-order valence-electron chi connectivity index (χ2n) is 4.17. The monoisotopic (exact) mass is 292 g/mol. The minimum absolute atomic E-state index is 0.0724. The van der Waals surface area contributed by atoms with E-state index < -0.39 is 5.97 Å². The third-order valence-electron chi connectivity index (χ3n) is 2.73. The molecule has 0 atom stereocenters. The zero-order chi connectivity index (χ0) is 14.7. The van der Waals surface area contributed by atoms with Crippen LogP contribution in [0.1, 0.15) is 15.9 Å². The van der Waals surface area contributed by atoms with Crippen LogP contribution in [0.15, 0.2) is 36.4 Å². The van der Waals surface area contributed by atoms with Crippen LogP contribution in [0.5, 0.6) is 17.2 Å². The van der Waals surface area contributed by atoms with Crippen LogP contribution in [-0.4, -0.2) is 18.2 Å². The van der Waals surface area contributed by atoms with Gasteiger partial charge < -0.3 is 14.6 Å². The van der Waals surface area contributed by atoms with Gasteiger partial charge in [-0.3, -0.25) is 0 Å². The van der Waals surface area contributed by atoms with Crippen LogP contribution in [0.25, 0.3) is 0 Å². The molecule has 0 bridgehead atoms. The highest BCUT2D eigenvalue weighted by atomic mass is 35.5. The quantitative estimate of drug-likeness (QED) is 0.920. The molecule has 0 fully saturated rings. The van der Waals surface area contributed by atoms with Gasteiger partial charge >= 0.3 is 5.97 Å². The topological polar surface area (TPSA) is 55.8 Å². The molecule has 0 aromatic heterocycles. The number of carboxylic acid groups (broad SMARTS) is 1. The van der Waals surface area contributed by atoms with Gasteiger partial charge in [0.2, 0.25) is 0 Å². The third-order valence-corrected chi connectivity index (χ3v) is 3.04. The lowest BCUT2D eigenvalue weighted by Gasteiger charge is -2.13. The predicted octanol–water partition coefficient (Wildman–Crippen LogP) is 4.15. The highest BCUT2D eigenvalue weighted by Crippen LogP contribution is 2.35. The number of halogens is 1. The Bertz CT molecular complexity index is 652. The number of benzene rings is 2. The number of carboxylic acids is 1. The second kappa shape index (κ2) is 5.84. The maximum Gasteiger partial charge on any atom is 0.341 e. The maximum atomic E-state index is 11.2. The van der Waals surface area contributed by atoms with Crippen molar-refractivity contribution in [3.63, 3.8) is 0 Å². The van der Waals surface area contributed by atoms with Gasteiger partial charge in [-0.2, -0.15) is 0 Å². The van der Waals surface area contributed by atoms with Crippen molar-refractivity contribution in [2.45, 2.75) is 6.92 Å². The summed E-state index contributed by atoms with van der Waals surface area (Å²) in [7, 11) is 1.53. The zero-order valence-corrected chi connectivity index (χ0v) is 11.8. The molecule has 0 heterocycles. The Morgan fingerprint density at radius 1 is 1.15 bits per heavy atom. The van der Waals surface area contributed by atoms with Gasteiger partial charge in [-0.1, -0.05) is 23.7 Å². The molecule has 0 aliphatic carbocycles. The molecule has 1 N–H and O–H groups in total. The van der Waals surface area contributed by atoms with Crippen LogP contribution in [0.2, 0.25) is 5.02 Å². The first-order valence-electron chi connectivity index (χ1n) is 5.87. The van der Waals surface area contributed by atoms with Crippen molar-refractivity contribution in [3.05, 3.63) is 52.5 Å². The molecule has 0 amide bonds. The fourth-order valence-electron chi connectivity index (χ4n) is 1.77. The van der Waals surface area contributed by atoms with E-state index in [0.29, 0.717) is 11.5 Å². The molecule has 20 heavy (non-hydrogen) atoms. The van der Waals surface area contributed by atoms with Crippen LogP contribution >= 0.6 is 11.6 Å². The Morgan fingerprint density at radius 3 is 2.55 bits per heavy atom. The first-order chi connectivity index (χ1) is 9.52. The number of aryl methyl sites for hydroxylation is 1. The molecule has 0 saturated heterocycles. The molecule has 0 aliphatic rings. The molecule has 2 aromatic carbocycles. The van der Waals surface area contributed by atoms with Crippen molar-refractivity contribution in [1.29, 1.82) is 0 Å². The summed E-state index contributed by atoms with van der Waals surface area (Å²) < 4.78 is 10.9. The molecule has 5 heteroatoms. The van der Waals surface area contributed by atoms with Crippen LogP contribution in [-0.2, 0) is 0 Å². The van der Waals surface area contributed by atoms with E-state index in [-0.39, 0.29) is 16.3 Å². The normalized spacial score (nSPS) is 10.2. The number of aromatic carboxylic acids is 1. The second-order valence-corrected chi connectivity index (χ2v) is 4.58. The summed E-state index contributed by atoms with van der Waals surface area (Å²) in [6.07, 6.45) is 0. The van der Waals surface area contributed by atoms with Crippen molar-refractivity contribution >= 4 is 17.6 Å². The highest BCUT2D eigenvalue weighted by molar-refractivity contribution is 6.33. The Morgan fingerprint density at radius 2 is 1.90 bits per heavy atom. The number of carbonyl (C=O) groups is 1. The van der Waals surface area contributed by atoms with Gasteiger partial charge in [-0.15, -0.1) is 0 Å². The number of hydrogen-bond acceptors (Lipinski definition) is 3. The standard InChI is InChI=1S/C15H13ClO4/c1-9-6-7-11(13(8-9)19-2)20-12-5-3-4-10(16)14(12)15(17)18/h3-8H,1-2H3,(H,17,18). The largest absolute Gasteiger partial charge is 0.493 e. The minimum Gasteiger partial charge on any atom is -0.493 e. The van der Waals surface area contributed by atoms with Gasteiger partial charge in [0.05, 0.1) is 12.1 Å². The van der Waals surface area contributed by atoms with Gasteiger partial charge in [-0.25, -0.2) is 4.79 Å². The van der Waals surface area contributed by atoms with Crippen molar-refractivity contribution < 1.29 is 19.4 Å². The summed E-state index contributed by atoms with van der Waals surface area (Å²) in [5.74, 6) is -0.00647. The van der Waals surface area contributed by atoms with Gasteiger partial charge in [-0.05, 0) is 36.8 Å². The Kier molecular flexibility index (Phi) is 4.15. The summed E-state index contributed by atoms with van der Waals surface area (Å²) in [4.78, 5) is 11.2. The molecule has 104 valence electrons. The Hall–Kier alpha value is -2.20. The van der Waals surface area contributed by atoms with Crippen LogP contribution in [0, 0.1) is 6.92 Å². The van der Waals surface area contributed by atoms with E-state index in [0.717, 1.165) is 5.56 Å². The smallest absolute Gasteiger partial charge is 0.341 e. The van der Waals surface area contributed by atoms with E-state index in [1.807, 2.05) is 13.0 Å². The number of hydrogen-bond donors (Lipinski definition) is 1. The lowest BCUT2D eigenvalue weighted by molar-refractivity contribution is 0.0694. The Labute approximate surface area is 121 Å². The van der Waals surface area contributed by atoms with Crippen molar-refractivity contribution in [2.24, 2.45) is 0 Å². The highest BCUT2D eigenvalue weighted by Gasteiger charge is 2.17.